The highest BCUT2D eigenvalue weighted by molar-refractivity contribution is 5.57. The fourth-order valence-electron chi connectivity index (χ4n) is 2.45. The maximum Gasteiger partial charge on any atom is 0.134 e. The summed E-state index contributed by atoms with van der Waals surface area (Å²) in [5, 5.41) is 3.44. The van der Waals surface area contributed by atoms with Crippen LogP contribution in [0.2, 0.25) is 0 Å². The molecular formula is C19H20N2O2. The number of benzene rings is 1. The lowest BCUT2D eigenvalue weighted by atomic mass is 10.2. The lowest BCUT2D eigenvalue weighted by Crippen LogP contribution is -2.18. The summed E-state index contributed by atoms with van der Waals surface area (Å²) in [5.41, 5.74) is 2.11. The van der Waals surface area contributed by atoms with Gasteiger partial charge in [0.15, 0.2) is 0 Å². The second-order valence-electron chi connectivity index (χ2n) is 5.36. The van der Waals surface area contributed by atoms with Gasteiger partial charge in [-0.15, -0.1) is 0 Å². The zero-order valence-corrected chi connectivity index (χ0v) is 13.3. The molecule has 0 spiro atoms. The topological polar surface area (TPSA) is 47.3 Å². The molecule has 0 aliphatic carbocycles. The average Bonchev–Trinajstić information content (AvgIpc) is 3.11. The van der Waals surface area contributed by atoms with E-state index >= 15 is 0 Å². The Balaban J connectivity index is 1.67. The van der Waals surface area contributed by atoms with Gasteiger partial charge in [0, 0.05) is 30.1 Å². The quantitative estimate of drug-likeness (QED) is 0.741. The molecule has 1 atom stereocenters. The van der Waals surface area contributed by atoms with Crippen molar-refractivity contribution in [1.29, 1.82) is 0 Å². The highest BCUT2D eigenvalue weighted by atomic mass is 16.5. The van der Waals surface area contributed by atoms with Crippen LogP contribution in [0.4, 0.5) is 0 Å². The second kappa shape index (κ2) is 7.11. The molecule has 1 unspecified atom stereocenters. The molecule has 3 aromatic rings. The van der Waals surface area contributed by atoms with E-state index in [9.17, 15) is 0 Å². The molecule has 0 aliphatic heterocycles. The van der Waals surface area contributed by atoms with E-state index in [0.717, 1.165) is 28.4 Å². The van der Waals surface area contributed by atoms with Crippen molar-refractivity contribution in [3.05, 3.63) is 72.2 Å². The maximum absolute atomic E-state index is 5.97. The maximum atomic E-state index is 5.97. The zero-order valence-electron chi connectivity index (χ0n) is 13.3. The van der Waals surface area contributed by atoms with E-state index in [1.165, 1.54) is 0 Å². The number of ether oxygens (including phenoxy) is 1. The van der Waals surface area contributed by atoms with Gasteiger partial charge in [-0.05, 0) is 25.1 Å². The van der Waals surface area contributed by atoms with Crippen molar-refractivity contribution in [2.75, 3.05) is 7.11 Å². The normalized spacial score (nSPS) is 12.1. The molecule has 1 aromatic carbocycles. The summed E-state index contributed by atoms with van der Waals surface area (Å²) < 4.78 is 11.3. The molecule has 2 aromatic heterocycles. The van der Waals surface area contributed by atoms with E-state index < -0.39 is 0 Å². The van der Waals surface area contributed by atoms with E-state index in [1.54, 1.807) is 13.3 Å². The number of hydrogen-bond acceptors (Lipinski definition) is 4. The summed E-state index contributed by atoms with van der Waals surface area (Å²) in [6.07, 6.45) is 3.54. The second-order valence-corrected chi connectivity index (χ2v) is 5.36. The van der Waals surface area contributed by atoms with Gasteiger partial charge in [0.1, 0.15) is 17.3 Å². The van der Waals surface area contributed by atoms with Crippen molar-refractivity contribution in [3.63, 3.8) is 0 Å². The number of nitrogens with one attached hydrogen (secondary N) is 1. The Morgan fingerprint density at radius 2 is 1.96 bits per heavy atom. The summed E-state index contributed by atoms with van der Waals surface area (Å²) in [5.74, 6) is 2.63. The van der Waals surface area contributed by atoms with Gasteiger partial charge >= 0.3 is 0 Å². The molecule has 4 heteroatoms. The highest BCUT2D eigenvalue weighted by Crippen LogP contribution is 2.25. The molecule has 0 saturated heterocycles. The fourth-order valence-corrected chi connectivity index (χ4v) is 2.45. The predicted octanol–water partition coefficient (Wildman–Crippen LogP) is 4.20. The Labute approximate surface area is 136 Å². The zero-order chi connectivity index (χ0) is 16.1. The first-order valence-electron chi connectivity index (χ1n) is 7.63. The van der Waals surface area contributed by atoms with Gasteiger partial charge in [0.25, 0.3) is 0 Å². The minimum Gasteiger partial charge on any atom is -0.496 e. The van der Waals surface area contributed by atoms with Crippen LogP contribution in [0.15, 0.2) is 65.3 Å². The van der Waals surface area contributed by atoms with Gasteiger partial charge in [-0.3, -0.25) is 4.98 Å². The lowest BCUT2D eigenvalue weighted by molar-refractivity contribution is 0.399. The number of rotatable bonds is 6. The molecule has 3 rings (SSSR count). The number of aromatic nitrogens is 1. The number of hydrogen-bond donors (Lipinski definition) is 1. The standard InChI is InChI=1S/C19H20N2O2/c1-14(21-13-16-12-20-11-10-18(16)22-2)17-8-9-19(23-17)15-6-4-3-5-7-15/h3-12,14,21H,13H2,1-2H3. The van der Waals surface area contributed by atoms with Crippen molar-refractivity contribution in [1.82, 2.24) is 10.3 Å². The van der Waals surface area contributed by atoms with Gasteiger partial charge in [-0.25, -0.2) is 0 Å². The largest absolute Gasteiger partial charge is 0.496 e. The van der Waals surface area contributed by atoms with Crippen LogP contribution in [0.3, 0.4) is 0 Å². The molecule has 0 bridgehead atoms. The van der Waals surface area contributed by atoms with Crippen molar-refractivity contribution >= 4 is 0 Å². The van der Waals surface area contributed by atoms with Gasteiger partial charge in [-0.2, -0.15) is 0 Å². The van der Waals surface area contributed by atoms with Crippen molar-refractivity contribution < 1.29 is 9.15 Å². The Morgan fingerprint density at radius 3 is 2.74 bits per heavy atom. The summed E-state index contributed by atoms with van der Waals surface area (Å²) in [6.45, 7) is 2.75. The van der Waals surface area contributed by atoms with Crippen molar-refractivity contribution in [2.24, 2.45) is 0 Å². The summed E-state index contributed by atoms with van der Waals surface area (Å²) in [4.78, 5) is 4.14. The summed E-state index contributed by atoms with van der Waals surface area (Å²) in [6, 6.07) is 16.1. The third kappa shape index (κ3) is 3.60. The minimum absolute atomic E-state index is 0.0948. The smallest absolute Gasteiger partial charge is 0.134 e. The van der Waals surface area contributed by atoms with E-state index in [-0.39, 0.29) is 6.04 Å². The van der Waals surface area contributed by atoms with Gasteiger partial charge in [-0.1, -0.05) is 30.3 Å². The lowest BCUT2D eigenvalue weighted by Gasteiger charge is -2.13. The van der Waals surface area contributed by atoms with Crippen LogP contribution in [-0.2, 0) is 6.54 Å². The number of methoxy groups -OCH3 is 1. The molecule has 0 radical (unpaired) electrons. The van der Waals surface area contributed by atoms with E-state index in [4.69, 9.17) is 9.15 Å². The van der Waals surface area contributed by atoms with Gasteiger partial charge in [0.2, 0.25) is 0 Å². The molecule has 2 heterocycles. The molecule has 1 N–H and O–H groups in total. The number of furan rings is 1. The van der Waals surface area contributed by atoms with Crippen LogP contribution in [0.5, 0.6) is 5.75 Å². The van der Waals surface area contributed by atoms with Crippen LogP contribution in [-0.4, -0.2) is 12.1 Å². The molecule has 118 valence electrons. The summed E-state index contributed by atoms with van der Waals surface area (Å²) in [7, 11) is 1.67. The predicted molar refractivity (Wildman–Crippen MR) is 90.2 cm³/mol. The summed E-state index contributed by atoms with van der Waals surface area (Å²) >= 11 is 0. The van der Waals surface area contributed by atoms with Crippen LogP contribution < -0.4 is 10.1 Å². The monoisotopic (exact) mass is 308 g/mol. The van der Waals surface area contributed by atoms with Crippen molar-refractivity contribution in [3.8, 4) is 17.1 Å². The third-order valence-corrected chi connectivity index (χ3v) is 3.79. The first-order chi connectivity index (χ1) is 11.3. The third-order valence-electron chi connectivity index (χ3n) is 3.79. The SMILES string of the molecule is COc1ccncc1CNC(C)c1ccc(-c2ccccc2)o1. The fraction of sp³-hybridized carbons (Fsp3) is 0.211. The van der Waals surface area contributed by atoms with Crippen LogP contribution in [0.1, 0.15) is 24.3 Å². The van der Waals surface area contributed by atoms with Crippen LogP contribution >= 0.6 is 0 Å². The molecule has 0 fully saturated rings. The molecule has 23 heavy (non-hydrogen) atoms. The van der Waals surface area contributed by atoms with E-state index in [0.29, 0.717) is 6.54 Å². The Morgan fingerprint density at radius 1 is 1.13 bits per heavy atom. The molecule has 4 nitrogen and oxygen atoms in total. The first-order valence-corrected chi connectivity index (χ1v) is 7.63. The minimum atomic E-state index is 0.0948. The van der Waals surface area contributed by atoms with Gasteiger partial charge < -0.3 is 14.5 Å². The molecule has 0 amide bonds. The average molecular weight is 308 g/mol. The van der Waals surface area contributed by atoms with Crippen LogP contribution in [0, 0.1) is 0 Å². The van der Waals surface area contributed by atoms with Crippen molar-refractivity contribution in [2.45, 2.75) is 19.5 Å². The van der Waals surface area contributed by atoms with E-state index in [2.05, 4.69) is 17.2 Å². The highest BCUT2D eigenvalue weighted by Gasteiger charge is 2.12. The van der Waals surface area contributed by atoms with E-state index in [1.807, 2.05) is 54.7 Å². The number of pyridine rings is 1. The molecule has 0 aliphatic rings. The molecular weight excluding hydrogens is 288 g/mol. The van der Waals surface area contributed by atoms with Crippen LogP contribution in [0.25, 0.3) is 11.3 Å². The van der Waals surface area contributed by atoms with Gasteiger partial charge in [0.05, 0.1) is 13.2 Å². The Kier molecular flexibility index (Phi) is 4.74. The Hall–Kier alpha value is -2.59. The number of nitrogens with zero attached hydrogens (tertiary/aromatic N) is 1. The molecule has 0 saturated carbocycles. The Bertz CT molecular complexity index is 753. The first kappa shape index (κ1) is 15.3.